The highest BCUT2D eigenvalue weighted by atomic mass is 32.1. The van der Waals surface area contributed by atoms with Crippen molar-refractivity contribution in [1.29, 1.82) is 0 Å². The number of amides is 3. The number of urea groups is 1. The fourth-order valence-corrected chi connectivity index (χ4v) is 3.06. The number of imide groups is 1. The van der Waals surface area contributed by atoms with Gasteiger partial charge in [-0.25, -0.2) is 14.8 Å². The summed E-state index contributed by atoms with van der Waals surface area (Å²) in [4.78, 5) is 34.7. The minimum Gasteiger partial charge on any atom is -0.352 e. The van der Waals surface area contributed by atoms with Gasteiger partial charge >= 0.3 is 6.03 Å². The molecule has 2 aromatic heterocycles. The maximum absolute atomic E-state index is 11.8. The largest absolute Gasteiger partial charge is 0.352 e. The summed E-state index contributed by atoms with van der Waals surface area (Å²) in [5, 5.41) is 7.42. The quantitative estimate of drug-likeness (QED) is 0.818. The van der Waals surface area contributed by atoms with Gasteiger partial charge in [0.05, 0.1) is 10.6 Å². The minimum absolute atomic E-state index is 0.279. The van der Waals surface area contributed by atoms with E-state index in [1.165, 1.54) is 4.90 Å². The molecule has 120 valence electrons. The van der Waals surface area contributed by atoms with Crippen LogP contribution in [-0.4, -0.2) is 45.4 Å². The number of nitrogens with one attached hydrogen (secondary N) is 2. The van der Waals surface area contributed by atoms with Crippen molar-refractivity contribution in [1.82, 2.24) is 20.2 Å². The van der Waals surface area contributed by atoms with Gasteiger partial charge in [0.15, 0.2) is 0 Å². The van der Waals surface area contributed by atoms with Crippen molar-refractivity contribution in [2.24, 2.45) is 0 Å². The SMILES string of the molecule is CC1(C)C(=O)NC(=O)N1CCNc1nccc(-c2cccs2)n1. The number of hydrogen-bond acceptors (Lipinski definition) is 6. The molecule has 1 aliphatic rings. The number of anilines is 1. The molecule has 2 N–H and O–H groups in total. The smallest absolute Gasteiger partial charge is 0.325 e. The number of thiophene rings is 1. The van der Waals surface area contributed by atoms with E-state index in [1.807, 2.05) is 23.6 Å². The van der Waals surface area contributed by atoms with Crippen LogP contribution in [0.25, 0.3) is 10.6 Å². The Morgan fingerprint density at radius 3 is 2.83 bits per heavy atom. The van der Waals surface area contributed by atoms with Gasteiger partial charge in [-0.2, -0.15) is 0 Å². The molecular formula is C15H17N5O2S. The first-order valence-corrected chi connectivity index (χ1v) is 8.10. The van der Waals surface area contributed by atoms with E-state index in [4.69, 9.17) is 0 Å². The summed E-state index contributed by atoms with van der Waals surface area (Å²) in [6, 6.07) is 5.46. The van der Waals surface area contributed by atoms with E-state index in [-0.39, 0.29) is 11.9 Å². The first-order chi connectivity index (χ1) is 11.0. The van der Waals surface area contributed by atoms with Crippen LogP contribution in [0, 0.1) is 0 Å². The molecule has 0 radical (unpaired) electrons. The molecular weight excluding hydrogens is 314 g/mol. The van der Waals surface area contributed by atoms with Gasteiger partial charge in [-0.1, -0.05) is 6.07 Å². The van der Waals surface area contributed by atoms with Gasteiger partial charge in [0, 0.05) is 19.3 Å². The zero-order valence-corrected chi connectivity index (χ0v) is 13.7. The van der Waals surface area contributed by atoms with Crippen molar-refractivity contribution in [2.45, 2.75) is 19.4 Å². The van der Waals surface area contributed by atoms with Crippen LogP contribution in [0.2, 0.25) is 0 Å². The number of rotatable bonds is 5. The molecule has 1 aliphatic heterocycles. The van der Waals surface area contributed by atoms with Crippen molar-refractivity contribution in [3.05, 3.63) is 29.8 Å². The molecule has 0 saturated carbocycles. The van der Waals surface area contributed by atoms with Crippen molar-refractivity contribution in [3.8, 4) is 10.6 Å². The second-order valence-electron chi connectivity index (χ2n) is 5.64. The van der Waals surface area contributed by atoms with Gasteiger partial charge in [-0.05, 0) is 31.4 Å². The summed E-state index contributed by atoms with van der Waals surface area (Å²) in [6.45, 7) is 4.29. The number of carbonyl (C=O) groups excluding carboxylic acids is 2. The lowest BCUT2D eigenvalue weighted by Gasteiger charge is -2.27. The second kappa shape index (κ2) is 5.96. The standard InChI is InChI=1S/C15H17N5O2S/c1-15(2)12(21)19-14(22)20(15)8-7-17-13-16-6-5-10(18-13)11-4-3-9-23-11/h3-6,9H,7-8H2,1-2H3,(H,16,17,18)(H,19,21,22). The summed E-state index contributed by atoms with van der Waals surface area (Å²) >= 11 is 1.61. The molecule has 0 aromatic carbocycles. The Labute approximate surface area is 137 Å². The van der Waals surface area contributed by atoms with E-state index in [0.717, 1.165) is 10.6 Å². The minimum atomic E-state index is -0.835. The van der Waals surface area contributed by atoms with Gasteiger partial charge in [0.2, 0.25) is 5.95 Å². The van der Waals surface area contributed by atoms with Gasteiger partial charge in [0.25, 0.3) is 5.91 Å². The molecule has 7 nitrogen and oxygen atoms in total. The average Bonchev–Trinajstić information content (AvgIpc) is 3.11. The Morgan fingerprint density at radius 2 is 2.17 bits per heavy atom. The molecule has 0 unspecified atom stereocenters. The monoisotopic (exact) mass is 331 g/mol. The summed E-state index contributed by atoms with van der Waals surface area (Å²) in [5.74, 6) is 0.220. The van der Waals surface area contributed by atoms with Gasteiger partial charge in [0.1, 0.15) is 5.54 Å². The van der Waals surface area contributed by atoms with Crippen LogP contribution in [-0.2, 0) is 4.79 Å². The number of nitrogens with zero attached hydrogens (tertiary/aromatic N) is 3. The van der Waals surface area contributed by atoms with E-state index in [0.29, 0.717) is 19.0 Å². The molecule has 3 rings (SSSR count). The Balaban J connectivity index is 1.62. The van der Waals surface area contributed by atoms with E-state index in [1.54, 1.807) is 31.4 Å². The summed E-state index contributed by atoms with van der Waals surface area (Å²) in [7, 11) is 0. The Kier molecular flexibility index (Phi) is 3.99. The van der Waals surface area contributed by atoms with E-state index in [9.17, 15) is 9.59 Å². The third-order valence-corrected chi connectivity index (χ3v) is 4.64. The highest BCUT2D eigenvalue weighted by Gasteiger charge is 2.44. The Morgan fingerprint density at radius 1 is 1.35 bits per heavy atom. The van der Waals surface area contributed by atoms with Crippen molar-refractivity contribution in [3.63, 3.8) is 0 Å². The molecule has 23 heavy (non-hydrogen) atoms. The molecule has 0 bridgehead atoms. The van der Waals surface area contributed by atoms with Gasteiger partial charge in [-0.15, -0.1) is 11.3 Å². The van der Waals surface area contributed by atoms with Crippen LogP contribution in [0.5, 0.6) is 0 Å². The second-order valence-corrected chi connectivity index (χ2v) is 6.59. The highest BCUT2D eigenvalue weighted by Crippen LogP contribution is 2.23. The fourth-order valence-electron chi connectivity index (χ4n) is 2.36. The highest BCUT2D eigenvalue weighted by molar-refractivity contribution is 7.13. The molecule has 8 heteroatoms. The normalized spacial score (nSPS) is 16.5. The third kappa shape index (κ3) is 3.02. The maximum Gasteiger partial charge on any atom is 0.325 e. The molecule has 1 saturated heterocycles. The Hall–Kier alpha value is -2.48. The molecule has 1 fully saturated rings. The molecule has 2 aromatic rings. The van der Waals surface area contributed by atoms with Crippen LogP contribution in [0.3, 0.4) is 0 Å². The molecule has 0 aliphatic carbocycles. The van der Waals surface area contributed by atoms with Gasteiger partial charge in [-0.3, -0.25) is 10.1 Å². The number of carbonyl (C=O) groups is 2. The molecule has 3 heterocycles. The van der Waals surface area contributed by atoms with Gasteiger partial charge < -0.3 is 10.2 Å². The Bertz CT molecular complexity index is 729. The number of hydrogen-bond donors (Lipinski definition) is 2. The van der Waals surface area contributed by atoms with Crippen molar-refractivity contribution < 1.29 is 9.59 Å². The average molecular weight is 331 g/mol. The summed E-state index contributed by atoms with van der Waals surface area (Å²) in [6.07, 6.45) is 1.69. The lowest BCUT2D eigenvalue weighted by molar-refractivity contribution is -0.125. The van der Waals surface area contributed by atoms with Crippen LogP contribution in [0.1, 0.15) is 13.8 Å². The first-order valence-electron chi connectivity index (χ1n) is 7.22. The van der Waals surface area contributed by atoms with Crippen molar-refractivity contribution in [2.75, 3.05) is 18.4 Å². The van der Waals surface area contributed by atoms with Crippen LogP contribution in [0.4, 0.5) is 10.7 Å². The van der Waals surface area contributed by atoms with Crippen LogP contribution >= 0.6 is 11.3 Å². The molecule has 0 atom stereocenters. The van der Waals surface area contributed by atoms with E-state index in [2.05, 4.69) is 20.6 Å². The lowest BCUT2D eigenvalue weighted by Crippen LogP contribution is -2.46. The zero-order chi connectivity index (χ0) is 16.4. The van der Waals surface area contributed by atoms with E-state index >= 15 is 0 Å². The fraction of sp³-hybridized carbons (Fsp3) is 0.333. The predicted molar refractivity (Wildman–Crippen MR) is 88.2 cm³/mol. The summed E-state index contributed by atoms with van der Waals surface area (Å²) < 4.78 is 0. The van der Waals surface area contributed by atoms with Crippen LogP contribution in [0.15, 0.2) is 29.8 Å². The van der Waals surface area contributed by atoms with E-state index < -0.39 is 5.54 Å². The predicted octanol–water partition coefficient (Wildman–Crippen LogP) is 1.95. The topological polar surface area (TPSA) is 87.2 Å². The van der Waals surface area contributed by atoms with Crippen molar-refractivity contribution >= 4 is 29.2 Å². The first kappa shape index (κ1) is 15.4. The third-order valence-electron chi connectivity index (χ3n) is 3.74. The summed E-state index contributed by atoms with van der Waals surface area (Å²) in [5.41, 5.74) is 0.0187. The zero-order valence-electron chi connectivity index (χ0n) is 12.9. The molecule has 3 amide bonds. The number of aromatic nitrogens is 2. The lowest BCUT2D eigenvalue weighted by atomic mass is 10.0. The van der Waals surface area contributed by atoms with Crippen LogP contribution < -0.4 is 10.6 Å². The maximum atomic E-state index is 11.8. The molecule has 0 spiro atoms.